The maximum atomic E-state index is 13.8. The van der Waals surface area contributed by atoms with Crippen LogP contribution in [-0.4, -0.2) is 0 Å². The van der Waals surface area contributed by atoms with Crippen LogP contribution >= 0.6 is 46.4 Å². The van der Waals surface area contributed by atoms with E-state index in [9.17, 15) is 8.78 Å². The van der Waals surface area contributed by atoms with Crippen molar-refractivity contribution in [3.8, 4) is 11.1 Å². The molecule has 0 radical (unpaired) electrons. The van der Waals surface area contributed by atoms with E-state index in [1.165, 1.54) is 18.2 Å². The number of benzene rings is 2. The highest BCUT2D eigenvalue weighted by atomic mass is 35.5. The van der Waals surface area contributed by atoms with Gasteiger partial charge in [0.2, 0.25) is 0 Å². The summed E-state index contributed by atoms with van der Waals surface area (Å²) in [6.07, 6.45) is 0. The largest absolute Gasteiger partial charge is 0.205 e. The maximum absolute atomic E-state index is 13.8. The van der Waals surface area contributed by atoms with Crippen molar-refractivity contribution in [2.24, 2.45) is 0 Å². The topological polar surface area (TPSA) is 0 Å². The third-order valence-corrected chi connectivity index (χ3v) is 3.87. The lowest BCUT2D eigenvalue weighted by molar-refractivity contribution is 0.586. The minimum Gasteiger partial charge on any atom is -0.205 e. The summed E-state index contributed by atoms with van der Waals surface area (Å²) in [4.78, 5) is 0. The van der Waals surface area contributed by atoms with E-state index in [1.54, 1.807) is 0 Å². The van der Waals surface area contributed by atoms with Crippen LogP contribution in [0.5, 0.6) is 0 Å². The normalized spacial score (nSPS) is 10.8. The van der Waals surface area contributed by atoms with Crippen LogP contribution in [0.2, 0.25) is 20.1 Å². The average molecular weight is 328 g/mol. The Labute approximate surface area is 122 Å². The van der Waals surface area contributed by atoms with Crippen LogP contribution < -0.4 is 0 Å². The van der Waals surface area contributed by atoms with Gasteiger partial charge < -0.3 is 0 Å². The summed E-state index contributed by atoms with van der Waals surface area (Å²) in [7, 11) is 0. The summed E-state index contributed by atoms with van der Waals surface area (Å²) in [6.45, 7) is 0. The monoisotopic (exact) mass is 326 g/mol. The van der Waals surface area contributed by atoms with Gasteiger partial charge in [-0.2, -0.15) is 0 Å². The van der Waals surface area contributed by atoms with E-state index >= 15 is 0 Å². The molecule has 0 bridgehead atoms. The first-order valence-electron chi connectivity index (χ1n) is 4.70. The minimum absolute atomic E-state index is 0.0990. The number of rotatable bonds is 1. The van der Waals surface area contributed by atoms with Crippen molar-refractivity contribution in [2.45, 2.75) is 0 Å². The fourth-order valence-corrected chi connectivity index (χ4v) is 2.22. The third kappa shape index (κ3) is 2.43. The number of hydrogen-bond acceptors (Lipinski definition) is 0. The Kier molecular flexibility index (Phi) is 4.02. The maximum Gasteiger partial charge on any atom is 0.152 e. The molecule has 0 aliphatic rings. The number of hydrogen-bond donors (Lipinski definition) is 0. The van der Waals surface area contributed by atoms with Crippen molar-refractivity contribution >= 4 is 46.4 Å². The minimum atomic E-state index is -0.869. The molecule has 2 aromatic rings. The highest BCUT2D eigenvalue weighted by molar-refractivity contribution is 6.48. The molecule has 0 aliphatic carbocycles. The first-order valence-corrected chi connectivity index (χ1v) is 6.21. The molecule has 2 aromatic carbocycles. The molecule has 94 valence electrons. The fraction of sp³-hybridized carbons (Fsp3) is 0. The lowest BCUT2D eigenvalue weighted by atomic mass is 10.1. The summed E-state index contributed by atoms with van der Waals surface area (Å²) in [6, 6.07) is 5.19. The third-order valence-electron chi connectivity index (χ3n) is 2.33. The van der Waals surface area contributed by atoms with Crippen LogP contribution in [0.3, 0.4) is 0 Å². The van der Waals surface area contributed by atoms with Crippen LogP contribution in [0.15, 0.2) is 24.3 Å². The first-order chi connectivity index (χ1) is 8.41. The standard InChI is InChI=1S/C12H4Cl4F2/c13-7-3-5(4-8(14)10(7)15)6-1-2-9(17)11(16)12(6)18/h1-4H. The van der Waals surface area contributed by atoms with Crippen molar-refractivity contribution in [1.29, 1.82) is 0 Å². The van der Waals surface area contributed by atoms with Gasteiger partial charge in [0.05, 0.1) is 15.1 Å². The molecule has 0 saturated heterocycles. The Bertz CT molecular complexity index is 603. The lowest BCUT2D eigenvalue weighted by Gasteiger charge is -2.08. The Hall–Kier alpha value is -0.540. The average Bonchev–Trinajstić information content (AvgIpc) is 2.33. The van der Waals surface area contributed by atoms with E-state index in [2.05, 4.69) is 0 Å². The molecule has 0 amide bonds. The Balaban J connectivity index is 2.67. The summed E-state index contributed by atoms with van der Waals surface area (Å²) in [5.41, 5.74) is 0.468. The van der Waals surface area contributed by atoms with Gasteiger partial charge in [0, 0.05) is 5.56 Å². The molecule has 0 atom stereocenters. The lowest BCUT2D eigenvalue weighted by Crippen LogP contribution is -1.90. The van der Waals surface area contributed by atoms with Gasteiger partial charge >= 0.3 is 0 Å². The highest BCUT2D eigenvalue weighted by Crippen LogP contribution is 2.37. The molecule has 0 spiro atoms. The molecule has 2 rings (SSSR count). The van der Waals surface area contributed by atoms with Crippen molar-refractivity contribution in [3.05, 3.63) is 56.0 Å². The molecular weight excluding hydrogens is 324 g/mol. The second kappa shape index (κ2) is 5.22. The zero-order chi connectivity index (χ0) is 13.4. The molecule has 0 N–H and O–H groups in total. The van der Waals surface area contributed by atoms with Gasteiger partial charge in [-0.3, -0.25) is 0 Å². The number of halogens is 6. The van der Waals surface area contributed by atoms with Gasteiger partial charge in [-0.1, -0.05) is 46.4 Å². The Morgan fingerprint density at radius 2 is 1.33 bits per heavy atom. The first kappa shape index (κ1) is 13.9. The van der Waals surface area contributed by atoms with Crippen LogP contribution in [0, 0.1) is 11.6 Å². The van der Waals surface area contributed by atoms with Gasteiger partial charge in [0.15, 0.2) is 5.82 Å². The molecule has 0 unspecified atom stereocenters. The van der Waals surface area contributed by atoms with Gasteiger partial charge in [-0.05, 0) is 29.8 Å². The van der Waals surface area contributed by atoms with Gasteiger partial charge in [0.25, 0.3) is 0 Å². The van der Waals surface area contributed by atoms with Crippen molar-refractivity contribution in [2.75, 3.05) is 0 Å². The summed E-state index contributed by atoms with van der Waals surface area (Å²) in [5.74, 6) is -1.70. The van der Waals surface area contributed by atoms with Crippen LogP contribution in [-0.2, 0) is 0 Å². The molecule has 0 heterocycles. The zero-order valence-corrected chi connectivity index (χ0v) is 11.6. The van der Waals surface area contributed by atoms with Crippen molar-refractivity contribution < 1.29 is 8.78 Å². The second-order valence-electron chi connectivity index (χ2n) is 3.48. The predicted molar refractivity (Wildman–Crippen MR) is 71.8 cm³/mol. The van der Waals surface area contributed by atoms with Gasteiger partial charge in [-0.15, -0.1) is 0 Å². The van der Waals surface area contributed by atoms with Crippen LogP contribution in [0.4, 0.5) is 8.78 Å². The molecule has 0 saturated carbocycles. The molecule has 0 nitrogen and oxygen atoms in total. The smallest absolute Gasteiger partial charge is 0.152 e. The van der Waals surface area contributed by atoms with Crippen LogP contribution in [0.25, 0.3) is 11.1 Å². The zero-order valence-electron chi connectivity index (χ0n) is 8.58. The van der Waals surface area contributed by atoms with Gasteiger partial charge in [-0.25, -0.2) is 8.78 Å². The molecular formula is C12H4Cl4F2. The Morgan fingerprint density at radius 1 is 0.778 bits per heavy atom. The van der Waals surface area contributed by atoms with E-state index in [1.807, 2.05) is 0 Å². The summed E-state index contributed by atoms with van der Waals surface area (Å²) >= 11 is 23.0. The molecule has 0 aromatic heterocycles. The summed E-state index contributed by atoms with van der Waals surface area (Å²) in [5, 5.41) is -0.0385. The van der Waals surface area contributed by atoms with E-state index in [4.69, 9.17) is 46.4 Å². The van der Waals surface area contributed by atoms with E-state index in [-0.39, 0.29) is 20.6 Å². The summed E-state index contributed by atoms with van der Waals surface area (Å²) < 4.78 is 26.9. The SMILES string of the molecule is Fc1ccc(-c2cc(Cl)c(Cl)c(Cl)c2)c(F)c1Cl. The predicted octanol–water partition coefficient (Wildman–Crippen LogP) is 6.25. The second-order valence-corrected chi connectivity index (χ2v) is 5.05. The van der Waals surface area contributed by atoms with Crippen LogP contribution in [0.1, 0.15) is 0 Å². The fourth-order valence-electron chi connectivity index (χ4n) is 1.46. The molecule has 0 aliphatic heterocycles. The quantitative estimate of drug-likeness (QED) is 0.543. The molecule has 6 heteroatoms. The molecule has 18 heavy (non-hydrogen) atoms. The van der Waals surface area contributed by atoms with E-state index in [0.717, 1.165) is 6.07 Å². The Morgan fingerprint density at radius 3 is 1.89 bits per heavy atom. The van der Waals surface area contributed by atoms with Gasteiger partial charge in [0.1, 0.15) is 10.8 Å². The van der Waals surface area contributed by atoms with E-state index in [0.29, 0.717) is 5.56 Å². The van der Waals surface area contributed by atoms with Crippen molar-refractivity contribution in [3.63, 3.8) is 0 Å². The van der Waals surface area contributed by atoms with Crippen molar-refractivity contribution in [1.82, 2.24) is 0 Å². The highest BCUT2D eigenvalue weighted by Gasteiger charge is 2.15. The van der Waals surface area contributed by atoms with E-state index < -0.39 is 16.7 Å². The molecule has 0 fully saturated rings.